The Labute approximate surface area is 80.6 Å². The third-order valence-corrected chi connectivity index (χ3v) is 2.71. The molecular formula is C9H11IO. The maximum Gasteiger partial charge on any atom is 0.0590 e. The smallest absolute Gasteiger partial charge is 0.0590 e. The van der Waals surface area contributed by atoms with E-state index in [1.165, 1.54) is 11.1 Å². The average molecular weight is 262 g/mol. The first-order chi connectivity index (χ1) is 5.24. The maximum atomic E-state index is 8.85. The summed E-state index contributed by atoms with van der Waals surface area (Å²) in [6.07, 6.45) is 0. The molecule has 1 nitrogen and oxygen atoms in total. The topological polar surface area (TPSA) is 20.2 Å². The van der Waals surface area contributed by atoms with Crippen molar-refractivity contribution in [1.29, 1.82) is 0 Å². The van der Waals surface area contributed by atoms with Crippen LogP contribution in [0.3, 0.4) is 0 Å². The molecule has 1 rings (SSSR count). The fraction of sp³-hybridized carbons (Fsp3) is 0.333. The minimum atomic E-state index is 0.212. The van der Waals surface area contributed by atoms with E-state index in [-0.39, 0.29) is 10.5 Å². The van der Waals surface area contributed by atoms with Gasteiger partial charge in [0.1, 0.15) is 0 Å². The number of rotatable bonds is 2. The average Bonchev–Trinajstić information content (AvgIpc) is 2.05. The number of alkyl halides is 1. The summed E-state index contributed by atoms with van der Waals surface area (Å²) < 4.78 is 0.230. The van der Waals surface area contributed by atoms with Crippen LogP contribution in [0.1, 0.15) is 15.1 Å². The van der Waals surface area contributed by atoms with Gasteiger partial charge < -0.3 is 5.11 Å². The third-order valence-electron chi connectivity index (χ3n) is 1.60. The van der Waals surface area contributed by atoms with Gasteiger partial charge in [-0.3, -0.25) is 0 Å². The van der Waals surface area contributed by atoms with Crippen LogP contribution in [0.4, 0.5) is 0 Å². The predicted octanol–water partition coefficient (Wildman–Crippen LogP) is 2.46. The highest BCUT2D eigenvalue weighted by atomic mass is 127. The van der Waals surface area contributed by atoms with E-state index >= 15 is 0 Å². The molecule has 0 aliphatic carbocycles. The van der Waals surface area contributed by atoms with Crippen molar-refractivity contribution in [3.05, 3.63) is 35.4 Å². The molecule has 0 bridgehead atoms. The van der Waals surface area contributed by atoms with Crippen LogP contribution in [0.5, 0.6) is 0 Å². The first kappa shape index (κ1) is 9.00. The van der Waals surface area contributed by atoms with Crippen LogP contribution < -0.4 is 0 Å². The van der Waals surface area contributed by atoms with Crippen LogP contribution >= 0.6 is 22.6 Å². The zero-order chi connectivity index (χ0) is 8.27. The second-order valence-electron chi connectivity index (χ2n) is 2.56. The molecule has 0 aliphatic rings. The summed E-state index contributed by atoms with van der Waals surface area (Å²) in [6.45, 7) is 2.27. The molecule has 0 fully saturated rings. The van der Waals surface area contributed by atoms with Crippen molar-refractivity contribution in [2.24, 2.45) is 0 Å². The number of halogens is 1. The number of hydrogen-bond donors (Lipinski definition) is 1. The van der Waals surface area contributed by atoms with Crippen LogP contribution in [-0.2, 0) is 0 Å². The number of benzene rings is 1. The summed E-state index contributed by atoms with van der Waals surface area (Å²) in [5.74, 6) is 0. The van der Waals surface area contributed by atoms with E-state index < -0.39 is 0 Å². The highest BCUT2D eigenvalue weighted by Crippen LogP contribution is 2.22. The van der Waals surface area contributed by atoms with Crippen LogP contribution in [0.15, 0.2) is 24.3 Å². The minimum Gasteiger partial charge on any atom is -0.395 e. The van der Waals surface area contributed by atoms with Gasteiger partial charge in [-0.1, -0.05) is 52.4 Å². The standard InChI is InChI=1S/C9H11IO/c1-7-2-4-8(5-3-7)9(10)6-11/h2-5,9,11H,6H2,1H3. The Bertz CT molecular complexity index is 218. The Hall–Kier alpha value is -0.0900. The molecule has 0 spiro atoms. The van der Waals surface area contributed by atoms with Crippen LogP contribution in [0.25, 0.3) is 0 Å². The molecule has 1 aromatic rings. The lowest BCUT2D eigenvalue weighted by molar-refractivity contribution is 0.301. The molecule has 0 saturated carbocycles. The van der Waals surface area contributed by atoms with E-state index in [0.29, 0.717) is 0 Å². The normalized spacial score (nSPS) is 13.0. The number of aliphatic hydroxyl groups excluding tert-OH is 1. The van der Waals surface area contributed by atoms with Crippen molar-refractivity contribution < 1.29 is 5.11 Å². The molecule has 0 saturated heterocycles. The van der Waals surface area contributed by atoms with Crippen LogP contribution in [0, 0.1) is 6.92 Å². The van der Waals surface area contributed by atoms with E-state index in [2.05, 4.69) is 53.8 Å². The molecule has 0 amide bonds. The lowest BCUT2D eigenvalue weighted by Gasteiger charge is -2.05. The Kier molecular flexibility index (Phi) is 3.33. The molecule has 1 aromatic carbocycles. The minimum absolute atomic E-state index is 0.212. The van der Waals surface area contributed by atoms with E-state index in [9.17, 15) is 0 Å². The van der Waals surface area contributed by atoms with Crippen molar-refractivity contribution in [3.63, 3.8) is 0 Å². The zero-order valence-electron chi connectivity index (χ0n) is 6.42. The van der Waals surface area contributed by atoms with Crippen molar-refractivity contribution in [2.45, 2.75) is 10.8 Å². The molecule has 60 valence electrons. The number of aryl methyl sites for hydroxylation is 1. The van der Waals surface area contributed by atoms with Crippen molar-refractivity contribution in [1.82, 2.24) is 0 Å². The number of aliphatic hydroxyl groups is 1. The van der Waals surface area contributed by atoms with Gasteiger partial charge in [-0.2, -0.15) is 0 Å². The van der Waals surface area contributed by atoms with Gasteiger partial charge in [0.05, 0.1) is 10.5 Å². The lowest BCUT2D eigenvalue weighted by atomic mass is 10.1. The molecular weight excluding hydrogens is 251 g/mol. The van der Waals surface area contributed by atoms with Gasteiger partial charge in [-0.25, -0.2) is 0 Å². The Balaban J connectivity index is 2.81. The molecule has 2 heteroatoms. The molecule has 1 atom stereocenters. The molecule has 11 heavy (non-hydrogen) atoms. The summed E-state index contributed by atoms with van der Waals surface area (Å²) in [4.78, 5) is 0. The van der Waals surface area contributed by atoms with Gasteiger partial charge in [0.2, 0.25) is 0 Å². The van der Waals surface area contributed by atoms with Gasteiger partial charge in [-0.15, -0.1) is 0 Å². The Morgan fingerprint density at radius 3 is 2.36 bits per heavy atom. The van der Waals surface area contributed by atoms with Gasteiger partial charge in [-0.05, 0) is 12.5 Å². The Morgan fingerprint density at radius 1 is 1.36 bits per heavy atom. The summed E-state index contributed by atoms with van der Waals surface area (Å²) >= 11 is 2.23. The molecule has 0 radical (unpaired) electrons. The highest BCUT2D eigenvalue weighted by molar-refractivity contribution is 14.1. The summed E-state index contributed by atoms with van der Waals surface area (Å²) in [7, 11) is 0. The summed E-state index contributed by atoms with van der Waals surface area (Å²) in [5, 5.41) is 8.85. The van der Waals surface area contributed by atoms with Crippen LogP contribution in [-0.4, -0.2) is 11.7 Å². The van der Waals surface area contributed by atoms with Gasteiger partial charge in [0.15, 0.2) is 0 Å². The third kappa shape index (κ3) is 2.45. The molecule has 0 aromatic heterocycles. The fourth-order valence-corrected chi connectivity index (χ4v) is 1.30. The first-order valence-electron chi connectivity index (χ1n) is 3.55. The van der Waals surface area contributed by atoms with Crippen molar-refractivity contribution >= 4 is 22.6 Å². The number of hydrogen-bond acceptors (Lipinski definition) is 1. The summed E-state index contributed by atoms with van der Waals surface area (Å²) in [5.41, 5.74) is 2.45. The van der Waals surface area contributed by atoms with Gasteiger partial charge in [0.25, 0.3) is 0 Å². The largest absolute Gasteiger partial charge is 0.395 e. The quantitative estimate of drug-likeness (QED) is 0.641. The molecule has 0 aliphatic heterocycles. The second kappa shape index (κ2) is 4.07. The van der Waals surface area contributed by atoms with Crippen LogP contribution in [0.2, 0.25) is 0 Å². The SMILES string of the molecule is Cc1ccc(C(I)CO)cc1. The fourth-order valence-electron chi connectivity index (χ4n) is 0.881. The predicted molar refractivity (Wildman–Crippen MR) is 55.0 cm³/mol. The lowest BCUT2D eigenvalue weighted by Crippen LogP contribution is -1.94. The maximum absolute atomic E-state index is 8.85. The second-order valence-corrected chi connectivity index (χ2v) is 4.06. The molecule has 1 N–H and O–H groups in total. The first-order valence-corrected chi connectivity index (χ1v) is 4.80. The van der Waals surface area contributed by atoms with Crippen molar-refractivity contribution in [2.75, 3.05) is 6.61 Å². The summed E-state index contributed by atoms with van der Waals surface area (Å²) in [6, 6.07) is 8.25. The van der Waals surface area contributed by atoms with Gasteiger partial charge in [0, 0.05) is 0 Å². The zero-order valence-corrected chi connectivity index (χ0v) is 8.58. The highest BCUT2D eigenvalue weighted by Gasteiger charge is 2.03. The Morgan fingerprint density at radius 2 is 1.91 bits per heavy atom. The van der Waals surface area contributed by atoms with E-state index in [4.69, 9.17) is 5.11 Å². The van der Waals surface area contributed by atoms with E-state index in [1.807, 2.05) is 0 Å². The van der Waals surface area contributed by atoms with Crippen molar-refractivity contribution in [3.8, 4) is 0 Å². The molecule has 1 unspecified atom stereocenters. The van der Waals surface area contributed by atoms with Gasteiger partial charge >= 0.3 is 0 Å². The van der Waals surface area contributed by atoms with E-state index in [1.54, 1.807) is 0 Å². The monoisotopic (exact) mass is 262 g/mol. The van der Waals surface area contributed by atoms with E-state index in [0.717, 1.165) is 0 Å². The molecule has 0 heterocycles.